The maximum Gasteiger partial charge on any atom is 0.338 e. The van der Waals surface area contributed by atoms with Gasteiger partial charge in [0.1, 0.15) is 48.0 Å². The van der Waals surface area contributed by atoms with Gasteiger partial charge in [-0.15, -0.1) is 0 Å². The fourth-order valence-electron chi connectivity index (χ4n) is 5.08. The Kier molecular flexibility index (Phi) is 6.02. The number of ether oxygens (including phenoxy) is 5. The number of epoxide rings is 1. The van der Waals surface area contributed by atoms with Gasteiger partial charge in [0, 0.05) is 5.92 Å². The Morgan fingerprint density at radius 1 is 1.03 bits per heavy atom. The van der Waals surface area contributed by atoms with Gasteiger partial charge in [-0.3, -0.25) is 0 Å². The summed E-state index contributed by atoms with van der Waals surface area (Å²) in [5.74, 6) is -1.78. The highest BCUT2D eigenvalue weighted by Gasteiger charge is 2.77. The van der Waals surface area contributed by atoms with E-state index in [1.807, 2.05) is 0 Å². The van der Waals surface area contributed by atoms with Crippen LogP contribution in [0, 0.1) is 11.8 Å². The molecule has 1 aliphatic carbocycles. The molecule has 4 aliphatic rings. The zero-order valence-electron chi connectivity index (χ0n) is 17.8. The van der Waals surface area contributed by atoms with Gasteiger partial charge in [0.05, 0.1) is 31.0 Å². The molecule has 1 aromatic carbocycles. The van der Waals surface area contributed by atoms with Crippen LogP contribution in [0.1, 0.15) is 10.4 Å². The first-order chi connectivity index (χ1) is 16.3. The first-order valence-electron chi connectivity index (χ1n) is 10.9. The molecule has 186 valence electrons. The summed E-state index contributed by atoms with van der Waals surface area (Å²) >= 11 is 0. The van der Waals surface area contributed by atoms with E-state index in [0.717, 1.165) is 0 Å². The van der Waals surface area contributed by atoms with Crippen LogP contribution in [0.3, 0.4) is 0 Å². The van der Waals surface area contributed by atoms with Crippen LogP contribution in [0.5, 0.6) is 5.75 Å². The fourth-order valence-corrected chi connectivity index (χ4v) is 5.08. The lowest BCUT2D eigenvalue weighted by atomic mass is 9.85. The van der Waals surface area contributed by atoms with Crippen molar-refractivity contribution in [2.75, 3.05) is 13.2 Å². The Morgan fingerprint density at radius 3 is 2.44 bits per heavy atom. The molecule has 0 radical (unpaired) electrons. The number of aromatic hydroxyl groups is 1. The van der Waals surface area contributed by atoms with Gasteiger partial charge in [0.15, 0.2) is 6.29 Å². The number of hydrogen-bond acceptors (Lipinski definition) is 12. The molecular weight excluding hydrogens is 456 g/mol. The van der Waals surface area contributed by atoms with Crippen LogP contribution < -0.4 is 0 Å². The normalized spacial score (nSPS) is 44.6. The average molecular weight is 482 g/mol. The van der Waals surface area contributed by atoms with Crippen molar-refractivity contribution in [3.05, 3.63) is 42.2 Å². The van der Waals surface area contributed by atoms with E-state index in [2.05, 4.69) is 0 Å². The van der Waals surface area contributed by atoms with Crippen molar-refractivity contribution in [3.8, 4) is 5.75 Å². The van der Waals surface area contributed by atoms with E-state index < -0.39 is 85.8 Å². The number of benzene rings is 1. The van der Waals surface area contributed by atoms with Gasteiger partial charge in [0.2, 0.25) is 6.29 Å². The van der Waals surface area contributed by atoms with Crippen LogP contribution >= 0.6 is 0 Å². The van der Waals surface area contributed by atoms with Crippen molar-refractivity contribution in [3.63, 3.8) is 0 Å². The second-order valence-electron chi connectivity index (χ2n) is 8.84. The Balaban J connectivity index is 1.34. The molecule has 0 spiro atoms. The minimum absolute atomic E-state index is 0.00264. The summed E-state index contributed by atoms with van der Waals surface area (Å²) in [5.41, 5.74) is -0.907. The Morgan fingerprint density at radius 2 is 1.76 bits per heavy atom. The SMILES string of the molecule is O=C(O[C@@H]1[C@@H]2C=CO[C@H](O[C@@H]3O[C@H](CO)[C@@H](O)[C@H](O)[C@H]3O)[C@@H]2[C@]2(CO)O[C@H]12)c1ccc(O)cc1. The summed E-state index contributed by atoms with van der Waals surface area (Å²) in [6, 6.07) is 5.56. The van der Waals surface area contributed by atoms with E-state index in [1.165, 1.54) is 30.5 Å². The predicted molar refractivity (Wildman–Crippen MR) is 108 cm³/mol. The van der Waals surface area contributed by atoms with Crippen LogP contribution in [0.2, 0.25) is 0 Å². The third-order valence-corrected chi connectivity index (χ3v) is 6.94. The predicted octanol–water partition coefficient (Wildman–Crippen LogP) is -2.02. The Hall–Kier alpha value is -2.29. The summed E-state index contributed by atoms with van der Waals surface area (Å²) in [5, 5.41) is 59.3. The number of carbonyl (C=O) groups excluding carboxylic acids is 1. The van der Waals surface area contributed by atoms with Crippen LogP contribution in [0.4, 0.5) is 0 Å². The largest absolute Gasteiger partial charge is 0.508 e. The molecule has 1 saturated carbocycles. The molecular formula is C22H26O12. The molecule has 3 heterocycles. The van der Waals surface area contributed by atoms with Crippen LogP contribution in [-0.4, -0.2) is 105 Å². The number of carbonyl (C=O) groups is 1. The molecule has 1 aromatic rings. The Bertz CT molecular complexity index is 934. The Labute approximate surface area is 193 Å². The highest BCUT2D eigenvalue weighted by Crippen LogP contribution is 2.60. The van der Waals surface area contributed by atoms with Gasteiger partial charge in [-0.05, 0) is 30.3 Å². The van der Waals surface area contributed by atoms with Crippen LogP contribution in [-0.2, 0) is 23.7 Å². The van der Waals surface area contributed by atoms with E-state index in [-0.39, 0.29) is 11.3 Å². The molecule has 0 aromatic heterocycles. The minimum atomic E-state index is -1.64. The highest BCUT2D eigenvalue weighted by atomic mass is 16.8. The molecule has 3 fully saturated rings. The number of phenolic OH excluding ortho intramolecular Hbond substituents is 1. The topological polar surface area (TPSA) is 188 Å². The first-order valence-corrected chi connectivity index (χ1v) is 10.9. The molecule has 34 heavy (non-hydrogen) atoms. The van der Waals surface area contributed by atoms with Gasteiger partial charge in [-0.2, -0.15) is 0 Å². The van der Waals surface area contributed by atoms with Crippen molar-refractivity contribution in [1.82, 2.24) is 0 Å². The van der Waals surface area contributed by atoms with Gasteiger partial charge >= 0.3 is 5.97 Å². The third-order valence-electron chi connectivity index (χ3n) is 6.94. The maximum atomic E-state index is 12.7. The zero-order valence-corrected chi connectivity index (χ0v) is 17.8. The van der Waals surface area contributed by atoms with Gasteiger partial charge < -0.3 is 54.3 Å². The van der Waals surface area contributed by atoms with E-state index in [4.69, 9.17) is 23.7 Å². The highest BCUT2D eigenvalue weighted by molar-refractivity contribution is 5.89. The molecule has 12 nitrogen and oxygen atoms in total. The molecule has 11 atom stereocenters. The lowest BCUT2D eigenvalue weighted by Crippen LogP contribution is -2.60. The van der Waals surface area contributed by atoms with Gasteiger partial charge in [-0.25, -0.2) is 4.79 Å². The van der Waals surface area contributed by atoms with E-state index in [1.54, 1.807) is 6.08 Å². The third kappa shape index (κ3) is 3.67. The summed E-state index contributed by atoms with van der Waals surface area (Å²) in [4.78, 5) is 12.7. The van der Waals surface area contributed by atoms with E-state index >= 15 is 0 Å². The number of esters is 1. The van der Waals surface area contributed by atoms with E-state index in [0.29, 0.717) is 0 Å². The van der Waals surface area contributed by atoms with Crippen LogP contribution in [0.25, 0.3) is 0 Å². The van der Waals surface area contributed by atoms with E-state index in [9.17, 15) is 35.4 Å². The second-order valence-corrected chi connectivity index (χ2v) is 8.84. The minimum Gasteiger partial charge on any atom is -0.508 e. The fraction of sp³-hybridized carbons (Fsp3) is 0.591. The monoisotopic (exact) mass is 482 g/mol. The molecule has 5 rings (SSSR count). The van der Waals surface area contributed by atoms with Crippen molar-refractivity contribution in [2.45, 2.75) is 54.8 Å². The summed E-state index contributed by atoms with van der Waals surface area (Å²) in [7, 11) is 0. The van der Waals surface area contributed by atoms with Crippen molar-refractivity contribution >= 4 is 5.97 Å². The smallest absolute Gasteiger partial charge is 0.338 e. The molecule has 3 aliphatic heterocycles. The number of aliphatic hydroxyl groups excluding tert-OH is 5. The second kappa shape index (κ2) is 8.73. The molecule has 0 amide bonds. The quantitative estimate of drug-likeness (QED) is 0.193. The number of hydrogen-bond donors (Lipinski definition) is 6. The van der Waals surface area contributed by atoms with Crippen molar-refractivity contribution in [2.24, 2.45) is 11.8 Å². The molecule has 0 unspecified atom stereocenters. The van der Waals surface area contributed by atoms with Gasteiger partial charge in [-0.1, -0.05) is 0 Å². The molecule has 2 saturated heterocycles. The molecule has 12 heteroatoms. The lowest BCUT2D eigenvalue weighted by Gasteiger charge is -2.43. The van der Waals surface area contributed by atoms with Crippen molar-refractivity contribution < 1.29 is 59.1 Å². The summed E-state index contributed by atoms with van der Waals surface area (Å²) in [6.45, 7) is -1.04. The van der Waals surface area contributed by atoms with Crippen LogP contribution in [0.15, 0.2) is 36.6 Å². The number of phenols is 1. The summed E-state index contributed by atoms with van der Waals surface area (Å²) in [6.07, 6.45) is -6.99. The molecule has 6 N–H and O–H groups in total. The van der Waals surface area contributed by atoms with Gasteiger partial charge in [0.25, 0.3) is 0 Å². The number of aliphatic hydroxyl groups is 5. The zero-order chi connectivity index (χ0) is 24.2. The lowest BCUT2D eigenvalue weighted by molar-refractivity contribution is -0.344. The summed E-state index contributed by atoms with van der Waals surface area (Å²) < 4.78 is 28.3. The average Bonchev–Trinajstić information content (AvgIpc) is 3.52. The number of fused-ring (bicyclic) bond motifs is 3. The molecule has 0 bridgehead atoms. The maximum absolute atomic E-state index is 12.7. The first kappa shape index (κ1) is 23.5. The van der Waals surface area contributed by atoms with Crippen molar-refractivity contribution in [1.29, 1.82) is 0 Å². The number of rotatable bonds is 6. The standard InChI is InChI=1S/C22H26O12/c23-7-12-14(26)15(27)16(28)21(31-12)33-20-13-11(5-6-30-20)17(18-22(13,8-24)34-18)32-19(29)9-1-3-10(25)4-2-9/h1-6,11-18,20-21,23-28H,7-8H2/t11-,12-,13-,14-,15+,16-,17-,18-,20-,21+,22+/m1/s1.